The minimum Gasteiger partial charge on any atom is -0.393 e. The monoisotopic (exact) mass is 232 g/mol. The standard InChI is InChI=1S/C12H16N4O/c1-2-6-11(17)9-12-13-14-15-16(12)10-7-4-3-5-8-10/h3-5,7-8,11,17H,2,6,9H2,1H3. The number of nitrogens with zero attached hydrogens (tertiary/aromatic N) is 4. The Morgan fingerprint density at radius 2 is 2.06 bits per heavy atom. The minimum absolute atomic E-state index is 0.381. The summed E-state index contributed by atoms with van der Waals surface area (Å²) < 4.78 is 1.67. The van der Waals surface area contributed by atoms with Crippen molar-refractivity contribution in [3.63, 3.8) is 0 Å². The van der Waals surface area contributed by atoms with Crippen LogP contribution in [0, 0.1) is 0 Å². The fourth-order valence-corrected chi connectivity index (χ4v) is 1.75. The lowest BCUT2D eigenvalue weighted by atomic mass is 10.1. The molecule has 5 nitrogen and oxygen atoms in total. The highest BCUT2D eigenvalue weighted by Gasteiger charge is 2.12. The molecule has 1 N–H and O–H groups in total. The summed E-state index contributed by atoms with van der Waals surface area (Å²) in [6.45, 7) is 2.05. The molecule has 0 spiro atoms. The van der Waals surface area contributed by atoms with Gasteiger partial charge in [0.2, 0.25) is 0 Å². The Balaban J connectivity index is 2.18. The van der Waals surface area contributed by atoms with Gasteiger partial charge >= 0.3 is 0 Å². The number of para-hydroxylation sites is 1. The molecule has 90 valence electrons. The summed E-state index contributed by atoms with van der Waals surface area (Å²) in [4.78, 5) is 0. The summed E-state index contributed by atoms with van der Waals surface area (Å²) in [7, 11) is 0. The molecule has 1 atom stereocenters. The molecule has 0 saturated carbocycles. The maximum absolute atomic E-state index is 9.78. The van der Waals surface area contributed by atoms with Gasteiger partial charge < -0.3 is 5.11 Å². The summed E-state index contributed by atoms with van der Waals surface area (Å²) in [6, 6.07) is 9.68. The van der Waals surface area contributed by atoms with Gasteiger partial charge in [0, 0.05) is 6.42 Å². The van der Waals surface area contributed by atoms with Crippen LogP contribution in [0.4, 0.5) is 0 Å². The molecular weight excluding hydrogens is 216 g/mol. The van der Waals surface area contributed by atoms with Crippen LogP contribution >= 0.6 is 0 Å². The molecule has 0 aliphatic carbocycles. The van der Waals surface area contributed by atoms with Crippen molar-refractivity contribution < 1.29 is 5.11 Å². The van der Waals surface area contributed by atoms with Crippen molar-refractivity contribution in [1.29, 1.82) is 0 Å². The Morgan fingerprint density at radius 1 is 1.29 bits per heavy atom. The number of hydrogen-bond donors (Lipinski definition) is 1. The number of hydrogen-bond acceptors (Lipinski definition) is 4. The molecule has 0 fully saturated rings. The van der Waals surface area contributed by atoms with Crippen molar-refractivity contribution in [2.24, 2.45) is 0 Å². The Kier molecular flexibility index (Phi) is 3.82. The van der Waals surface area contributed by atoms with Gasteiger partial charge in [-0.1, -0.05) is 31.5 Å². The van der Waals surface area contributed by atoms with E-state index < -0.39 is 0 Å². The van der Waals surface area contributed by atoms with Crippen molar-refractivity contribution in [2.75, 3.05) is 0 Å². The maximum atomic E-state index is 9.78. The van der Waals surface area contributed by atoms with Gasteiger partial charge in [0.05, 0.1) is 11.8 Å². The Morgan fingerprint density at radius 3 is 2.76 bits per heavy atom. The molecule has 1 unspecified atom stereocenters. The van der Waals surface area contributed by atoms with Gasteiger partial charge in [-0.25, -0.2) is 0 Å². The highest BCUT2D eigenvalue weighted by molar-refractivity contribution is 5.30. The van der Waals surface area contributed by atoms with E-state index in [2.05, 4.69) is 15.5 Å². The maximum Gasteiger partial charge on any atom is 0.159 e. The van der Waals surface area contributed by atoms with Gasteiger partial charge in [-0.15, -0.1) is 5.10 Å². The van der Waals surface area contributed by atoms with Gasteiger partial charge in [0.25, 0.3) is 0 Å². The SMILES string of the molecule is CCCC(O)Cc1nnnn1-c1ccccc1. The van der Waals surface area contributed by atoms with Crippen molar-refractivity contribution in [3.8, 4) is 5.69 Å². The van der Waals surface area contributed by atoms with Crippen molar-refractivity contribution in [3.05, 3.63) is 36.2 Å². The molecule has 0 aliphatic heterocycles. The number of aliphatic hydroxyl groups is 1. The van der Waals surface area contributed by atoms with E-state index in [1.807, 2.05) is 37.3 Å². The van der Waals surface area contributed by atoms with E-state index in [1.54, 1.807) is 4.68 Å². The molecule has 0 radical (unpaired) electrons. The average Bonchev–Trinajstić information content (AvgIpc) is 2.78. The summed E-state index contributed by atoms with van der Waals surface area (Å²) >= 11 is 0. The second kappa shape index (κ2) is 5.54. The molecule has 0 aliphatic rings. The highest BCUT2D eigenvalue weighted by atomic mass is 16.3. The van der Waals surface area contributed by atoms with Crippen LogP contribution in [0.15, 0.2) is 30.3 Å². The summed E-state index contributed by atoms with van der Waals surface area (Å²) in [6.07, 6.45) is 1.82. The Hall–Kier alpha value is -1.75. The van der Waals surface area contributed by atoms with Crippen LogP contribution in [0.1, 0.15) is 25.6 Å². The van der Waals surface area contributed by atoms with E-state index in [9.17, 15) is 5.11 Å². The Labute approximate surface area is 100 Å². The smallest absolute Gasteiger partial charge is 0.159 e. The van der Waals surface area contributed by atoms with Crippen LogP contribution in [-0.2, 0) is 6.42 Å². The van der Waals surface area contributed by atoms with Crippen molar-refractivity contribution in [1.82, 2.24) is 20.2 Å². The topological polar surface area (TPSA) is 63.8 Å². The highest BCUT2D eigenvalue weighted by Crippen LogP contribution is 2.10. The first-order chi connectivity index (χ1) is 8.31. The molecule has 1 heterocycles. The molecule has 2 aromatic rings. The largest absolute Gasteiger partial charge is 0.393 e. The van der Waals surface area contributed by atoms with Crippen molar-refractivity contribution in [2.45, 2.75) is 32.3 Å². The molecule has 0 saturated heterocycles. The van der Waals surface area contributed by atoms with Crippen LogP contribution in [0.3, 0.4) is 0 Å². The van der Waals surface area contributed by atoms with Gasteiger partial charge in [0.1, 0.15) is 0 Å². The zero-order valence-corrected chi connectivity index (χ0v) is 9.82. The molecule has 0 amide bonds. The van der Waals surface area contributed by atoms with Crippen molar-refractivity contribution >= 4 is 0 Å². The third kappa shape index (κ3) is 2.88. The average molecular weight is 232 g/mol. The zero-order valence-electron chi connectivity index (χ0n) is 9.82. The minimum atomic E-state index is -0.381. The summed E-state index contributed by atoms with van der Waals surface area (Å²) in [5, 5.41) is 21.3. The molecule has 17 heavy (non-hydrogen) atoms. The predicted octanol–water partition coefficient (Wildman–Crippen LogP) is 1.37. The van der Waals surface area contributed by atoms with E-state index >= 15 is 0 Å². The number of aliphatic hydroxyl groups excluding tert-OH is 1. The molecule has 1 aromatic carbocycles. The lowest BCUT2D eigenvalue weighted by Gasteiger charge is -2.08. The lowest BCUT2D eigenvalue weighted by Crippen LogP contribution is -2.14. The summed E-state index contributed by atoms with van der Waals surface area (Å²) in [5.41, 5.74) is 0.913. The molecule has 1 aromatic heterocycles. The number of tetrazole rings is 1. The first-order valence-electron chi connectivity index (χ1n) is 5.82. The lowest BCUT2D eigenvalue weighted by molar-refractivity contribution is 0.160. The van der Waals surface area contributed by atoms with Crippen LogP contribution < -0.4 is 0 Å². The van der Waals surface area contributed by atoms with Gasteiger partial charge in [0.15, 0.2) is 5.82 Å². The molecule has 0 bridgehead atoms. The van der Waals surface area contributed by atoms with Gasteiger partial charge in [-0.05, 0) is 29.0 Å². The van der Waals surface area contributed by atoms with Gasteiger partial charge in [-0.2, -0.15) is 4.68 Å². The molecular formula is C12H16N4O. The van der Waals surface area contributed by atoms with Crippen LogP contribution in [0.2, 0.25) is 0 Å². The van der Waals surface area contributed by atoms with E-state index in [0.717, 1.165) is 18.5 Å². The molecule has 5 heteroatoms. The normalized spacial score (nSPS) is 12.6. The van der Waals surface area contributed by atoms with E-state index in [4.69, 9.17) is 0 Å². The second-order valence-corrected chi connectivity index (χ2v) is 3.99. The quantitative estimate of drug-likeness (QED) is 0.845. The van der Waals surface area contributed by atoms with E-state index in [0.29, 0.717) is 12.2 Å². The van der Waals surface area contributed by atoms with Gasteiger partial charge in [-0.3, -0.25) is 0 Å². The van der Waals surface area contributed by atoms with E-state index in [1.165, 1.54) is 0 Å². The second-order valence-electron chi connectivity index (χ2n) is 3.99. The summed E-state index contributed by atoms with van der Waals surface area (Å²) in [5.74, 6) is 0.692. The first-order valence-corrected chi connectivity index (χ1v) is 5.82. The third-order valence-electron chi connectivity index (χ3n) is 2.57. The number of benzene rings is 1. The molecule has 2 rings (SSSR count). The Bertz CT molecular complexity index is 455. The fraction of sp³-hybridized carbons (Fsp3) is 0.417. The fourth-order valence-electron chi connectivity index (χ4n) is 1.75. The first kappa shape index (κ1) is 11.7. The van der Waals surface area contributed by atoms with Crippen LogP contribution in [0.5, 0.6) is 0 Å². The zero-order chi connectivity index (χ0) is 12.1. The van der Waals surface area contributed by atoms with Crippen LogP contribution in [0.25, 0.3) is 5.69 Å². The van der Waals surface area contributed by atoms with E-state index in [-0.39, 0.29) is 6.10 Å². The third-order valence-corrected chi connectivity index (χ3v) is 2.57. The predicted molar refractivity (Wildman–Crippen MR) is 63.8 cm³/mol. The van der Waals surface area contributed by atoms with Crippen LogP contribution in [-0.4, -0.2) is 31.4 Å². The number of rotatable bonds is 5. The number of aromatic nitrogens is 4.